The number of carbonyl (C=O) groups is 2. The number of carbonyl (C=O) groups excluding carboxylic acids is 2. The Kier molecular flexibility index (Phi) is 4.55. The number of nitrogens with one attached hydrogen (secondary N) is 2. The van der Waals surface area contributed by atoms with Crippen molar-refractivity contribution in [3.63, 3.8) is 0 Å². The third-order valence-corrected chi connectivity index (χ3v) is 2.75. The van der Waals surface area contributed by atoms with Crippen molar-refractivity contribution in [2.24, 2.45) is 0 Å². The van der Waals surface area contributed by atoms with Crippen LogP contribution in [0.2, 0.25) is 0 Å². The van der Waals surface area contributed by atoms with Gasteiger partial charge < -0.3 is 15.1 Å². The van der Waals surface area contributed by atoms with E-state index in [1.165, 1.54) is 13.2 Å². The molecular formula is C15H16N2O3. The molecule has 2 N–H and O–H groups in total. The zero-order chi connectivity index (χ0) is 14.4. The maximum absolute atomic E-state index is 12.2. The van der Waals surface area contributed by atoms with Crippen molar-refractivity contribution in [2.75, 3.05) is 0 Å². The van der Waals surface area contributed by atoms with Crippen LogP contribution in [-0.2, 0) is 16.1 Å². The van der Waals surface area contributed by atoms with Crippen LogP contribution in [0.1, 0.15) is 24.3 Å². The molecule has 0 aliphatic heterocycles. The average molecular weight is 272 g/mol. The van der Waals surface area contributed by atoms with Gasteiger partial charge in [-0.05, 0) is 17.7 Å². The van der Waals surface area contributed by atoms with Crippen molar-refractivity contribution < 1.29 is 14.0 Å². The molecule has 1 atom stereocenters. The first kappa shape index (κ1) is 13.9. The van der Waals surface area contributed by atoms with Crippen LogP contribution in [-0.4, -0.2) is 11.8 Å². The topological polar surface area (TPSA) is 71.3 Å². The van der Waals surface area contributed by atoms with E-state index in [4.69, 9.17) is 4.42 Å². The third kappa shape index (κ3) is 3.71. The van der Waals surface area contributed by atoms with Crippen LogP contribution in [0.5, 0.6) is 0 Å². The molecule has 0 fully saturated rings. The van der Waals surface area contributed by atoms with E-state index in [0.29, 0.717) is 12.3 Å². The zero-order valence-corrected chi connectivity index (χ0v) is 11.1. The van der Waals surface area contributed by atoms with E-state index in [1.807, 2.05) is 30.3 Å². The van der Waals surface area contributed by atoms with E-state index in [-0.39, 0.29) is 11.8 Å². The SMILES string of the molecule is CC(=O)N[C@H](C(=O)NCc1ccccc1)c1ccco1. The van der Waals surface area contributed by atoms with E-state index in [1.54, 1.807) is 12.1 Å². The van der Waals surface area contributed by atoms with Gasteiger partial charge in [0.2, 0.25) is 5.91 Å². The number of furan rings is 1. The normalized spacial score (nSPS) is 11.7. The quantitative estimate of drug-likeness (QED) is 0.871. The molecule has 1 heterocycles. The molecule has 20 heavy (non-hydrogen) atoms. The molecule has 2 aromatic rings. The summed E-state index contributed by atoms with van der Waals surface area (Å²) in [6, 6.07) is 12.1. The summed E-state index contributed by atoms with van der Waals surface area (Å²) in [5, 5.41) is 5.35. The highest BCUT2D eigenvalue weighted by atomic mass is 16.3. The van der Waals surface area contributed by atoms with Crippen molar-refractivity contribution in [2.45, 2.75) is 19.5 Å². The Bertz CT molecular complexity index is 564. The number of hydrogen-bond donors (Lipinski definition) is 2. The molecule has 1 aromatic carbocycles. The van der Waals surface area contributed by atoms with Crippen LogP contribution in [0.3, 0.4) is 0 Å². The molecule has 0 saturated heterocycles. The van der Waals surface area contributed by atoms with E-state index in [9.17, 15) is 9.59 Å². The maximum Gasteiger partial charge on any atom is 0.250 e. The van der Waals surface area contributed by atoms with Gasteiger partial charge in [-0.3, -0.25) is 9.59 Å². The van der Waals surface area contributed by atoms with Crippen molar-refractivity contribution >= 4 is 11.8 Å². The van der Waals surface area contributed by atoms with Crippen molar-refractivity contribution in [3.05, 3.63) is 60.1 Å². The van der Waals surface area contributed by atoms with Crippen molar-refractivity contribution in [3.8, 4) is 0 Å². The van der Waals surface area contributed by atoms with Crippen LogP contribution in [0, 0.1) is 0 Å². The van der Waals surface area contributed by atoms with Crippen molar-refractivity contribution in [1.82, 2.24) is 10.6 Å². The van der Waals surface area contributed by atoms with Gasteiger partial charge in [0.1, 0.15) is 5.76 Å². The van der Waals surface area contributed by atoms with Gasteiger partial charge in [-0.25, -0.2) is 0 Å². The standard InChI is InChI=1S/C15H16N2O3/c1-11(18)17-14(13-8-5-9-20-13)15(19)16-10-12-6-3-2-4-7-12/h2-9,14H,10H2,1H3,(H,16,19)(H,17,18)/t14-/m0/s1. The smallest absolute Gasteiger partial charge is 0.250 e. The van der Waals surface area contributed by atoms with Crippen LogP contribution in [0.25, 0.3) is 0 Å². The molecule has 0 spiro atoms. The first-order valence-corrected chi connectivity index (χ1v) is 6.29. The Labute approximate surface area is 117 Å². The summed E-state index contributed by atoms with van der Waals surface area (Å²) in [5.74, 6) is -0.189. The number of amides is 2. The molecule has 1 aromatic heterocycles. The van der Waals surface area contributed by atoms with Gasteiger partial charge in [0, 0.05) is 13.5 Å². The molecule has 0 aliphatic carbocycles. The van der Waals surface area contributed by atoms with Gasteiger partial charge in [0.05, 0.1) is 6.26 Å². The average Bonchev–Trinajstić information content (AvgIpc) is 2.97. The highest BCUT2D eigenvalue weighted by Gasteiger charge is 2.23. The summed E-state index contributed by atoms with van der Waals surface area (Å²) < 4.78 is 5.19. The van der Waals surface area contributed by atoms with Gasteiger partial charge in [-0.15, -0.1) is 0 Å². The molecule has 5 nitrogen and oxygen atoms in total. The lowest BCUT2D eigenvalue weighted by Gasteiger charge is -2.15. The Morgan fingerprint density at radius 1 is 1.15 bits per heavy atom. The molecule has 0 radical (unpaired) electrons. The lowest BCUT2D eigenvalue weighted by Crippen LogP contribution is -2.39. The second-order valence-electron chi connectivity index (χ2n) is 4.35. The fourth-order valence-electron chi connectivity index (χ4n) is 1.81. The summed E-state index contributed by atoms with van der Waals surface area (Å²) in [4.78, 5) is 23.4. The molecule has 104 valence electrons. The Morgan fingerprint density at radius 3 is 2.50 bits per heavy atom. The third-order valence-electron chi connectivity index (χ3n) is 2.75. The van der Waals surface area contributed by atoms with E-state index >= 15 is 0 Å². The molecule has 0 bridgehead atoms. The summed E-state index contributed by atoms with van der Waals surface area (Å²) in [6.07, 6.45) is 1.47. The monoisotopic (exact) mass is 272 g/mol. The first-order chi connectivity index (χ1) is 9.66. The van der Waals surface area contributed by atoms with E-state index < -0.39 is 6.04 Å². The number of hydrogen-bond acceptors (Lipinski definition) is 3. The second kappa shape index (κ2) is 6.56. The number of rotatable bonds is 5. The highest BCUT2D eigenvalue weighted by molar-refractivity contribution is 5.87. The largest absolute Gasteiger partial charge is 0.467 e. The summed E-state index contributed by atoms with van der Waals surface area (Å²) in [6.45, 7) is 1.76. The minimum Gasteiger partial charge on any atom is -0.467 e. The van der Waals surface area contributed by atoms with Gasteiger partial charge >= 0.3 is 0 Å². The Balaban J connectivity index is 2.02. The fraction of sp³-hybridized carbons (Fsp3) is 0.200. The minimum absolute atomic E-state index is 0.290. The molecule has 5 heteroatoms. The van der Waals surface area contributed by atoms with Crippen LogP contribution in [0.4, 0.5) is 0 Å². The first-order valence-electron chi connectivity index (χ1n) is 6.29. The molecular weight excluding hydrogens is 256 g/mol. The maximum atomic E-state index is 12.2. The van der Waals surface area contributed by atoms with Crippen LogP contribution >= 0.6 is 0 Å². The molecule has 2 rings (SSSR count). The fourth-order valence-corrected chi connectivity index (χ4v) is 1.81. The summed E-state index contributed by atoms with van der Waals surface area (Å²) in [5.41, 5.74) is 0.988. The van der Waals surface area contributed by atoms with Crippen molar-refractivity contribution in [1.29, 1.82) is 0 Å². The van der Waals surface area contributed by atoms with Gasteiger partial charge in [0.15, 0.2) is 6.04 Å². The lowest BCUT2D eigenvalue weighted by atomic mass is 10.2. The zero-order valence-electron chi connectivity index (χ0n) is 11.1. The van der Waals surface area contributed by atoms with E-state index in [2.05, 4.69) is 10.6 Å². The number of benzene rings is 1. The van der Waals surface area contributed by atoms with Gasteiger partial charge in [-0.2, -0.15) is 0 Å². The molecule has 0 unspecified atom stereocenters. The molecule has 2 amide bonds. The summed E-state index contributed by atoms with van der Waals surface area (Å²) in [7, 11) is 0. The predicted molar refractivity (Wildman–Crippen MR) is 73.6 cm³/mol. The lowest BCUT2D eigenvalue weighted by molar-refractivity contribution is -0.128. The van der Waals surface area contributed by atoms with Crippen LogP contribution in [0.15, 0.2) is 53.1 Å². The van der Waals surface area contributed by atoms with Gasteiger partial charge in [0.25, 0.3) is 5.91 Å². The second-order valence-corrected chi connectivity index (χ2v) is 4.35. The predicted octanol–water partition coefficient (Wildman–Crippen LogP) is 1.77. The van der Waals surface area contributed by atoms with Gasteiger partial charge in [-0.1, -0.05) is 30.3 Å². The minimum atomic E-state index is -0.814. The molecule has 0 saturated carbocycles. The Hall–Kier alpha value is -2.56. The van der Waals surface area contributed by atoms with Crippen LogP contribution < -0.4 is 10.6 Å². The Morgan fingerprint density at radius 2 is 1.90 bits per heavy atom. The summed E-state index contributed by atoms with van der Waals surface area (Å²) >= 11 is 0. The highest BCUT2D eigenvalue weighted by Crippen LogP contribution is 2.14. The van der Waals surface area contributed by atoms with E-state index in [0.717, 1.165) is 5.56 Å². The molecule has 0 aliphatic rings.